The minimum Gasteiger partial charge on any atom is -0.449 e. The lowest BCUT2D eigenvalue weighted by molar-refractivity contribution is 0.478. The van der Waals surface area contributed by atoms with Crippen molar-refractivity contribution < 1.29 is 4.42 Å². The molecule has 0 amide bonds. The highest BCUT2D eigenvalue weighted by Crippen LogP contribution is 2.12. The average Bonchev–Trinajstić information content (AvgIpc) is 2.86. The van der Waals surface area contributed by atoms with E-state index in [1.165, 1.54) is 64.2 Å². The second-order valence-electron chi connectivity index (χ2n) is 5.56. The number of oxazole rings is 1. The first kappa shape index (κ1) is 16.3. The molecule has 1 rings (SSSR count). The Morgan fingerprint density at radius 2 is 1.37 bits per heavy atom. The van der Waals surface area contributed by atoms with Gasteiger partial charge in [-0.25, -0.2) is 4.98 Å². The Labute approximate surface area is 119 Å². The van der Waals surface area contributed by atoms with E-state index in [9.17, 15) is 0 Å². The minimum absolute atomic E-state index is 0.944. The molecule has 1 aromatic heterocycles. The van der Waals surface area contributed by atoms with Crippen molar-refractivity contribution >= 4 is 0 Å². The summed E-state index contributed by atoms with van der Waals surface area (Å²) in [7, 11) is 0. The molecule has 0 aliphatic carbocycles. The minimum atomic E-state index is 0.944. The highest BCUT2D eigenvalue weighted by Gasteiger charge is 2.03. The lowest BCUT2D eigenvalue weighted by Crippen LogP contribution is -1.89. The normalized spacial score (nSPS) is 11.1. The Bertz CT molecular complexity index is 277. The van der Waals surface area contributed by atoms with Gasteiger partial charge in [-0.05, 0) is 19.3 Å². The molecule has 0 saturated heterocycles. The van der Waals surface area contributed by atoms with Crippen LogP contribution < -0.4 is 0 Å². The lowest BCUT2D eigenvalue weighted by Gasteiger charge is -1.97. The molecule has 0 radical (unpaired) electrons. The molecule has 0 atom stereocenters. The van der Waals surface area contributed by atoms with Crippen molar-refractivity contribution in [2.75, 3.05) is 0 Å². The molecule has 0 aliphatic rings. The fourth-order valence-electron chi connectivity index (χ4n) is 2.37. The zero-order valence-electron chi connectivity index (χ0n) is 12.9. The Morgan fingerprint density at radius 1 is 0.789 bits per heavy atom. The molecule has 110 valence electrons. The van der Waals surface area contributed by atoms with Gasteiger partial charge in [-0.15, -0.1) is 0 Å². The van der Waals surface area contributed by atoms with Gasteiger partial charge in [0, 0.05) is 6.42 Å². The Kier molecular flexibility index (Phi) is 9.48. The third kappa shape index (κ3) is 8.07. The molecule has 0 fully saturated rings. The number of unbranched alkanes of at least 4 members (excludes halogenated alkanes) is 8. The van der Waals surface area contributed by atoms with Crippen LogP contribution >= 0.6 is 0 Å². The Hall–Kier alpha value is -0.790. The fourth-order valence-corrected chi connectivity index (χ4v) is 2.37. The van der Waals surface area contributed by atoms with E-state index in [0.29, 0.717) is 0 Å². The van der Waals surface area contributed by atoms with Crippen LogP contribution in [0.25, 0.3) is 0 Å². The summed E-state index contributed by atoms with van der Waals surface area (Å²) in [4.78, 5) is 4.58. The third-order valence-electron chi connectivity index (χ3n) is 3.63. The fraction of sp³-hybridized carbons (Fsp3) is 0.824. The average molecular weight is 265 g/mol. The topological polar surface area (TPSA) is 26.0 Å². The number of hydrogen-bond donors (Lipinski definition) is 0. The van der Waals surface area contributed by atoms with Crippen LogP contribution in [0.1, 0.15) is 89.6 Å². The van der Waals surface area contributed by atoms with Gasteiger partial charge >= 0.3 is 0 Å². The van der Waals surface area contributed by atoms with E-state index >= 15 is 0 Å². The number of hydrogen-bond acceptors (Lipinski definition) is 2. The maximum absolute atomic E-state index is 5.54. The van der Waals surface area contributed by atoms with Gasteiger partial charge in [0.05, 0.1) is 5.69 Å². The van der Waals surface area contributed by atoms with E-state index in [2.05, 4.69) is 18.8 Å². The number of aryl methyl sites for hydroxylation is 2. The van der Waals surface area contributed by atoms with E-state index < -0.39 is 0 Å². The van der Waals surface area contributed by atoms with Crippen LogP contribution in [0.3, 0.4) is 0 Å². The molecule has 2 nitrogen and oxygen atoms in total. The van der Waals surface area contributed by atoms with Gasteiger partial charge in [0.15, 0.2) is 5.89 Å². The quantitative estimate of drug-likeness (QED) is 0.453. The van der Waals surface area contributed by atoms with Crippen molar-refractivity contribution in [2.45, 2.75) is 90.9 Å². The van der Waals surface area contributed by atoms with Crippen LogP contribution in [0.4, 0.5) is 0 Å². The first-order valence-electron chi connectivity index (χ1n) is 8.30. The first-order chi connectivity index (χ1) is 9.36. The zero-order valence-corrected chi connectivity index (χ0v) is 12.9. The van der Waals surface area contributed by atoms with Gasteiger partial charge < -0.3 is 4.42 Å². The third-order valence-corrected chi connectivity index (χ3v) is 3.63. The predicted molar refractivity (Wildman–Crippen MR) is 81.4 cm³/mol. The predicted octanol–water partition coefficient (Wildman–Crippen LogP) is 5.70. The van der Waals surface area contributed by atoms with E-state index in [0.717, 1.165) is 24.4 Å². The molecule has 0 N–H and O–H groups in total. The van der Waals surface area contributed by atoms with Crippen LogP contribution in [0, 0.1) is 0 Å². The van der Waals surface area contributed by atoms with Gasteiger partial charge in [-0.2, -0.15) is 0 Å². The van der Waals surface area contributed by atoms with Crippen LogP contribution in [0.15, 0.2) is 10.7 Å². The monoisotopic (exact) mass is 265 g/mol. The molecular weight excluding hydrogens is 234 g/mol. The van der Waals surface area contributed by atoms with Crippen molar-refractivity contribution in [1.82, 2.24) is 4.98 Å². The molecule has 2 heteroatoms. The van der Waals surface area contributed by atoms with Crippen molar-refractivity contribution in [3.05, 3.63) is 17.8 Å². The molecule has 0 aliphatic heterocycles. The summed E-state index contributed by atoms with van der Waals surface area (Å²) in [6.07, 6.45) is 17.1. The van der Waals surface area contributed by atoms with Gasteiger partial charge in [0.2, 0.25) is 0 Å². The van der Waals surface area contributed by atoms with Crippen LogP contribution in [0.5, 0.6) is 0 Å². The van der Waals surface area contributed by atoms with Gasteiger partial charge in [-0.1, -0.05) is 65.2 Å². The highest BCUT2D eigenvalue weighted by atomic mass is 16.3. The molecule has 0 spiro atoms. The second kappa shape index (κ2) is 11.1. The first-order valence-corrected chi connectivity index (χ1v) is 8.30. The molecule has 1 aromatic rings. The largest absolute Gasteiger partial charge is 0.449 e. The summed E-state index contributed by atoms with van der Waals surface area (Å²) in [5.74, 6) is 0.944. The number of aromatic nitrogens is 1. The summed E-state index contributed by atoms with van der Waals surface area (Å²) < 4.78 is 5.54. The molecule has 0 bridgehead atoms. The van der Waals surface area contributed by atoms with Gasteiger partial charge in [-0.3, -0.25) is 0 Å². The Balaban J connectivity index is 2.07. The zero-order chi connectivity index (χ0) is 13.8. The van der Waals surface area contributed by atoms with Crippen LogP contribution in [-0.2, 0) is 12.8 Å². The lowest BCUT2D eigenvalue weighted by atomic mass is 10.1. The van der Waals surface area contributed by atoms with Gasteiger partial charge in [0.1, 0.15) is 6.26 Å². The van der Waals surface area contributed by atoms with E-state index in [1.807, 2.05) is 6.26 Å². The molecule has 19 heavy (non-hydrogen) atoms. The summed E-state index contributed by atoms with van der Waals surface area (Å²) in [6, 6.07) is 0. The molecule has 0 aromatic carbocycles. The van der Waals surface area contributed by atoms with Crippen molar-refractivity contribution in [1.29, 1.82) is 0 Å². The summed E-state index contributed by atoms with van der Waals surface area (Å²) in [6.45, 7) is 4.51. The van der Waals surface area contributed by atoms with Crippen molar-refractivity contribution in [3.63, 3.8) is 0 Å². The maximum atomic E-state index is 5.54. The van der Waals surface area contributed by atoms with Crippen LogP contribution in [-0.4, -0.2) is 4.98 Å². The number of nitrogens with zero attached hydrogens (tertiary/aromatic N) is 1. The molecular formula is C17H31NO. The van der Waals surface area contributed by atoms with Crippen LogP contribution in [0.2, 0.25) is 0 Å². The Morgan fingerprint density at radius 3 is 2.00 bits per heavy atom. The molecule has 1 heterocycles. The standard InChI is InChI=1S/C17H31NO/c1-3-5-7-9-11-13-16-15-19-17(18-16)14-12-10-8-6-4-2/h15H,3-14H2,1-2H3. The number of rotatable bonds is 12. The highest BCUT2D eigenvalue weighted by molar-refractivity contribution is 4.96. The van der Waals surface area contributed by atoms with Gasteiger partial charge in [0.25, 0.3) is 0 Å². The molecule has 0 unspecified atom stereocenters. The van der Waals surface area contributed by atoms with E-state index in [1.54, 1.807) is 0 Å². The summed E-state index contributed by atoms with van der Waals surface area (Å²) in [5.41, 5.74) is 1.15. The van der Waals surface area contributed by atoms with Crippen molar-refractivity contribution in [2.24, 2.45) is 0 Å². The second-order valence-corrected chi connectivity index (χ2v) is 5.56. The maximum Gasteiger partial charge on any atom is 0.194 e. The SMILES string of the molecule is CCCCCCCc1coc(CCCCCCC)n1. The smallest absolute Gasteiger partial charge is 0.194 e. The molecule has 0 saturated carbocycles. The van der Waals surface area contributed by atoms with Crippen molar-refractivity contribution in [3.8, 4) is 0 Å². The van der Waals surface area contributed by atoms with E-state index in [-0.39, 0.29) is 0 Å². The van der Waals surface area contributed by atoms with E-state index in [4.69, 9.17) is 4.42 Å². The summed E-state index contributed by atoms with van der Waals surface area (Å²) in [5, 5.41) is 0. The summed E-state index contributed by atoms with van der Waals surface area (Å²) >= 11 is 0.